The van der Waals surface area contributed by atoms with Crippen molar-refractivity contribution in [3.05, 3.63) is 108 Å². The van der Waals surface area contributed by atoms with Crippen molar-refractivity contribution in [3.63, 3.8) is 0 Å². The standard InChI is InChI=1S/C28H22N4O2S/c1-18-9-14-26(33)25(16-18)30-28(34)22-7-2-3-8-27(22)35-20-11-12-21-23(31-32-24(21)17-20)13-10-19-6-4-5-15-29-19/h2-17,33H,1H3,(H,30,34)(H,31,32)/b13-10+. The van der Waals surface area contributed by atoms with E-state index in [1.165, 1.54) is 11.8 Å². The number of rotatable bonds is 6. The van der Waals surface area contributed by atoms with Gasteiger partial charge in [0.25, 0.3) is 5.91 Å². The Kier molecular flexibility index (Phi) is 6.32. The van der Waals surface area contributed by atoms with Crippen LogP contribution in [0.4, 0.5) is 5.69 Å². The van der Waals surface area contributed by atoms with E-state index in [-0.39, 0.29) is 11.7 Å². The van der Waals surface area contributed by atoms with Gasteiger partial charge < -0.3 is 10.4 Å². The Morgan fingerprint density at radius 1 is 1.00 bits per heavy atom. The molecule has 0 bridgehead atoms. The van der Waals surface area contributed by atoms with Crippen LogP contribution in [0.5, 0.6) is 5.75 Å². The molecule has 2 aromatic heterocycles. The summed E-state index contributed by atoms with van der Waals surface area (Å²) < 4.78 is 0. The monoisotopic (exact) mass is 478 g/mol. The predicted octanol–water partition coefficient (Wildman–Crippen LogP) is 6.55. The second-order valence-corrected chi connectivity index (χ2v) is 9.09. The molecule has 0 unspecified atom stereocenters. The number of hydrogen-bond donors (Lipinski definition) is 3. The number of aromatic hydroxyl groups is 1. The first-order chi connectivity index (χ1) is 17.1. The van der Waals surface area contributed by atoms with E-state index in [2.05, 4.69) is 20.5 Å². The zero-order valence-corrected chi connectivity index (χ0v) is 19.7. The Balaban J connectivity index is 1.37. The Bertz CT molecular complexity index is 1540. The molecule has 6 nitrogen and oxygen atoms in total. The highest BCUT2D eigenvalue weighted by molar-refractivity contribution is 7.99. The molecule has 5 aromatic rings. The average Bonchev–Trinajstić information content (AvgIpc) is 3.28. The van der Waals surface area contributed by atoms with Gasteiger partial charge in [-0.25, -0.2) is 0 Å². The van der Waals surface area contributed by atoms with Gasteiger partial charge in [-0.15, -0.1) is 0 Å². The van der Waals surface area contributed by atoms with Crippen molar-refractivity contribution in [3.8, 4) is 5.75 Å². The predicted molar refractivity (Wildman–Crippen MR) is 141 cm³/mol. The molecule has 0 aliphatic heterocycles. The number of amides is 1. The van der Waals surface area contributed by atoms with E-state index in [0.717, 1.165) is 37.6 Å². The number of nitrogens with one attached hydrogen (secondary N) is 2. The molecule has 0 aliphatic carbocycles. The molecule has 0 saturated carbocycles. The van der Waals surface area contributed by atoms with E-state index in [9.17, 15) is 9.90 Å². The molecule has 7 heteroatoms. The summed E-state index contributed by atoms with van der Waals surface area (Å²) in [7, 11) is 0. The van der Waals surface area contributed by atoms with Gasteiger partial charge in [0, 0.05) is 21.4 Å². The van der Waals surface area contributed by atoms with Crippen LogP contribution in [0.3, 0.4) is 0 Å². The fourth-order valence-electron chi connectivity index (χ4n) is 3.66. The Hall–Kier alpha value is -4.36. The number of H-pyrrole nitrogens is 1. The molecule has 2 heterocycles. The second kappa shape index (κ2) is 9.87. The summed E-state index contributed by atoms with van der Waals surface area (Å²) in [6.07, 6.45) is 5.63. The summed E-state index contributed by atoms with van der Waals surface area (Å²) in [5.74, 6) is -0.245. The Morgan fingerprint density at radius 3 is 2.71 bits per heavy atom. The number of pyridine rings is 1. The molecule has 172 valence electrons. The summed E-state index contributed by atoms with van der Waals surface area (Å²) in [5, 5.41) is 21.4. The number of aromatic nitrogens is 3. The second-order valence-electron chi connectivity index (χ2n) is 7.98. The minimum atomic E-state index is -0.279. The first kappa shape index (κ1) is 22.4. The van der Waals surface area contributed by atoms with Crippen molar-refractivity contribution < 1.29 is 9.90 Å². The third kappa shape index (κ3) is 5.10. The maximum atomic E-state index is 13.0. The van der Waals surface area contributed by atoms with Gasteiger partial charge in [0.1, 0.15) is 5.75 Å². The van der Waals surface area contributed by atoms with Crippen molar-refractivity contribution in [2.45, 2.75) is 16.7 Å². The third-order valence-corrected chi connectivity index (χ3v) is 6.49. The lowest BCUT2D eigenvalue weighted by molar-refractivity contribution is 0.102. The fraction of sp³-hybridized carbons (Fsp3) is 0.0357. The zero-order valence-electron chi connectivity index (χ0n) is 18.9. The summed E-state index contributed by atoms with van der Waals surface area (Å²) >= 11 is 1.50. The van der Waals surface area contributed by atoms with Crippen molar-refractivity contribution >= 4 is 46.4 Å². The van der Waals surface area contributed by atoms with Crippen LogP contribution in [0, 0.1) is 6.92 Å². The number of anilines is 1. The SMILES string of the molecule is Cc1ccc(O)c(NC(=O)c2ccccc2Sc2ccc3c(/C=C/c4ccccn4)n[nH]c3c2)c1. The van der Waals surface area contributed by atoms with Crippen molar-refractivity contribution in [1.29, 1.82) is 0 Å². The third-order valence-electron chi connectivity index (χ3n) is 5.42. The number of phenols is 1. The minimum absolute atomic E-state index is 0.0340. The molecule has 3 N–H and O–H groups in total. The fourth-order valence-corrected chi connectivity index (χ4v) is 4.64. The van der Waals surface area contributed by atoms with E-state index < -0.39 is 0 Å². The van der Waals surface area contributed by atoms with Crippen LogP contribution in [0.15, 0.2) is 94.9 Å². The lowest BCUT2D eigenvalue weighted by atomic mass is 10.1. The quantitative estimate of drug-likeness (QED) is 0.241. The number of benzene rings is 3. The zero-order chi connectivity index (χ0) is 24.2. The van der Waals surface area contributed by atoms with E-state index in [0.29, 0.717) is 11.3 Å². The first-order valence-electron chi connectivity index (χ1n) is 11.0. The van der Waals surface area contributed by atoms with Crippen LogP contribution in [0.2, 0.25) is 0 Å². The maximum Gasteiger partial charge on any atom is 0.256 e. The molecule has 0 aliphatic rings. The summed E-state index contributed by atoms with van der Waals surface area (Å²) in [6.45, 7) is 1.91. The van der Waals surface area contributed by atoms with Gasteiger partial charge in [-0.3, -0.25) is 14.9 Å². The van der Waals surface area contributed by atoms with E-state index in [1.54, 1.807) is 30.5 Å². The van der Waals surface area contributed by atoms with Crippen LogP contribution in [0.25, 0.3) is 23.1 Å². The van der Waals surface area contributed by atoms with Gasteiger partial charge in [0.2, 0.25) is 0 Å². The number of aryl methyl sites for hydroxylation is 1. The van der Waals surface area contributed by atoms with Crippen molar-refractivity contribution in [2.24, 2.45) is 0 Å². The lowest BCUT2D eigenvalue weighted by Gasteiger charge is -2.11. The van der Waals surface area contributed by atoms with E-state index >= 15 is 0 Å². The highest BCUT2D eigenvalue weighted by Crippen LogP contribution is 2.34. The number of carbonyl (C=O) groups is 1. The molecule has 5 rings (SSSR count). The summed E-state index contributed by atoms with van der Waals surface area (Å²) in [5.41, 5.74) is 4.47. The highest BCUT2D eigenvalue weighted by Gasteiger charge is 2.15. The highest BCUT2D eigenvalue weighted by atomic mass is 32.2. The van der Waals surface area contributed by atoms with Gasteiger partial charge >= 0.3 is 0 Å². The molecule has 35 heavy (non-hydrogen) atoms. The van der Waals surface area contributed by atoms with E-state index in [4.69, 9.17) is 0 Å². The van der Waals surface area contributed by atoms with Crippen LogP contribution in [-0.4, -0.2) is 26.2 Å². The minimum Gasteiger partial charge on any atom is -0.506 e. The molecule has 0 spiro atoms. The first-order valence-corrected chi connectivity index (χ1v) is 11.8. The Labute approximate surface area is 206 Å². The number of carbonyl (C=O) groups excluding carboxylic acids is 1. The largest absolute Gasteiger partial charge is 0.506 e. The van der Waals surface area contributed by atoms with Gasteiger partial charge in [-0.05, 0) is 79.2 Å². The number of nitrogens with zero attached hydrogens (tertiary/aromatic N) is 2. The molecular formula is C28H22N4O2S. The average molecular weight is 479 g/mol. The molecule has 0 atom stereocenters. The van der Waals surface area contributed by atoms with Gasteiger partial charge in [0.05, 0.1) is 28.2 Å². The van der Waals surface area contributed by atoms with Crippen LogP contribution in [0.1, 0.15) is 27.3 Å². The van der Waals surface area contributed by atoms with Gasteiger partial charge in [-0.2, -0.15) is 5.10 Å². The van der Waals surface area contributed by atoms with Gasteiger partial charge in [-0.1, -0.05) is 36.0 Å². The summed E-state index contributed by atoms with van der Waals surface area (Å²) in [6, 6.07) is 24.4. The topological polar surface area (TPSA) is 90.9 Å². The number of aromatic amines is 1. The lowest BCUT2D eigenvalue weighted by Crippen LogP contribution is -2.13. The Morgan fingerprint density at radius 2 is 1.86 bits per heavy atom. The smallest absolute Gasteiger partial charge is 0.256 e. The maximum absolute atomic E-state index is 13.0. The molecular weight excluding hydrogens is 456 g/mol. The summed E-state index contributed by atoms with van der Waals surface area (Å²) in [4.78, 5) is 19.1. The van der Waals surface area contributed by atoms with Crippen molar-refractivity contribution in [1.82, 2.24) is 15.2 Å². The van der Waals surface area contributed by atoms with Crippen LogP contribution < -0.4 is 5.32 Å². The molecule has 0 fully saturated rings. The normalized spacial score (nSPS) is 11.2. The number of fused-ring (bicyclic) bond motifs is 1. The van der Waals surface area contributed by atoms with Crippen molar-refractivity contribution in [2.75, 3.05) is 5.32 Å². The van der Waals surface area contributed by atoms with Crippen LogP contribution >= 0.6 is 11.8 Å². The van der Waals surface area contributed by atoms with Gasteiger partial charge in [0.15, 0.2) is 0 Å². The molecule has 1 amide bonds. The number of hydrogen-bond acceptors (Lipinski definition) is 5. The molecule has 0 radical (unpaired) electrons. The van der Waals surface area contributed by atoms with Crippen LogP contribution in [-0.2, 0) is 0 Å². The number of phenolic OH excluding ortho intramolecular Hbond substituents is 1. The molecule has 3 aromatic carbocycles. The van der Waals surface area contributed by atoms with E-state index in [1.807, 2.05) is 73.7 Å². The molecule has 0 saturated heterocycles.